The Kier molecular flexibility index (Phi) is 4.67. The summed E-state index contributed by atoms with van der Waals surface area (Å²) in [5.74, 6) is 0.836. The van der Waals surface area contributed by atoms with Gasteiger partial charge in [-0.2, -0.15) is 5.10 Å². The van der Waals surface area contributed by atoms with Gasteiger partial charge in [0, 0.05) is 12.0 Å². The van der Waals surface area contributed by atoms with Gasteiger partial charge < -0.3 is 10.5 Å². The van der Waals surface area contributed by atoms with Gasteiger partial charge >= 0.3 is 0 Å². The molecule has 24 heavy (non-hydrogen) atoms. The van der Waals surface area contributed by atoms with Crippen LogP contribution >= 0.6 is 0 Å². The summed E-state index contributed by atoms with van der Waals surface area (Å²) >= 11 is 0. The number of ether oxygens (including phenoxy) is 1. The van der Waals surface area contributed by atoms with Crippen LogP contribution in [0.4, 0.5) is 0 Å². The van der Waals surface area contributed by atoms with E-state index in [-0.39, 0.29) is 0 Å². The maximum absolute atomic E-state index is 5.73. The first-order chi connectivity index (χ1) is 11.6. The second-order valence-electron chi connectivity index (χ2n) is 5.96. The first-order valence-electron chi connectivity index (χ1n) is 8.14. The largest absolute Gasteiger partial charge is 0.496 e. The average molecular weight is 321 g/mol. The highest BCUT2D eigenvalue weighted by Gasteiger charge is 2.16. The summed E-state index contributed by atoms with van der Waals surface area (Å²) in [5.41, 5.74) is 12.2. The molecule has 124 valence electrons. The van der Waals surface area contributed by atoms with Crippen molar-refractivity contribution in [1.29, 1.82) is 0 Å². The SMILES string of the molecule is COc1ccccc1-c1cc(CCN)nn1-c1cc(C)ccc1C. The lowest BCUT2D eigenvalue weighted by atomic mass is 10.1. The molecule has 3 rings (SSSR count). The molecule has 0 radical (unpaired) electrons. The van der Waals surface area contributed by atoms with E-state index >= 15 is 0 Å². The Morgan fingerprint density at radius 2 is 1.88 bits per heavy atom. The monoisotopic (exact) mass is 321 g/mol. The zero-order valence-electron chi connectivity index (χ0n) is 14.4. The summed E-state index contributed by atoms with van der Waals surface area (Å²) in [6.45, 7) is 4.77. The molecular formula is C20H23N3O. The Morgan fingerprint density at radius 1 is 1.08 bits per heavy atom. The lowest BCUT2D eigenvalue weighted by Crippen LogP contribution is -2.05. The van der Waals surface area contributed by atoms with Crippen molar-refractivity contribution in [2.24, 2.45) is 5.73 Å². The van der Waals surface area contributed by atoms with Crippen LogP contribution in [-0.2, 0) is 6.42 Å². The van der Waals surface area contributed by atoms with Crippen LogP contribution in [0.25, 0.3) is 16.9 Å². The molecule has 1 aromatic heterocycles. The van der Waals surface area contributed by atoms with E-state index in [0.29, 0.717) is 6.54 Å². The number of rotatable bonds is 5. The molecule has 0 aliphatic heterocycles. The van der Waals surface area contributed by atoms with Gasteiger partial charge in [-0.1, -0.05) is 24.3 Å². The van der Waals surface area contributed by atoms with E-state index in [1.165, 1.54) is 11.1 Å². The van der Waals surface area contributed by atoms with Gasteiger partial charge in [0.1, 0.15) is 5.75 Å². The van der Waals surface area contributed by atoms with Crippen molar-refractivity contribution in [2.45, 2.75) is 20.3 Å². The Morgan fingerprint density at radius 3 is 2.62 bits per heavy atom. The van der Waals surface area contributed by atoms with E-state index in [9.17, 15) is 0 Å². The van der Waals surface area contributed by atoms with Crippen molar-refractivity contribution in [2.75, 3.05) is 13.7 Å². The highest BCUT2D eigenvalue weighted by Crippen LogP contribution is 2.32. The minimum Gasteiger partial charge on any atom is -0.496 e. The third-order valence-corrected chi connectivity index (χ3v) is 4.14. The van der Waals surface area contributed by atoms with Crippen molar-refractivity contribution in [3.05, 3.63) is 65.4 Å². The molecule has 4 nitrogen and oxygen atoms in total. The number of aromatic nitrogens is 2. The van der Waals surface area contributed by atoms with Gasteiger partial charge in [-0.25, -0.2) is 4.68 Å². The molecule has 0 aliphatic rings. The van der Waals surface area contributed by atoms with Crippen molar-refractivity contribution in [3.8, 4) is 22.7 Å². The van der Waals surface area contributed by atoms with Gasteiger partial charge in [0.25, 0.3) is 0 Å². The summed E-state index contributed by atoms with van der Waals surface area (Å²) in [7, 11) is 1.69. The Hall–Kier alpha value is -2.59. The van der Waals surface area contributed by atoms with Crippen LogP contribution < -0.4 is 10.5 Å². The predicted octanol–water partition coefficient (Wildman–Crippen LogP) is 3.67. The molecule has 0 unspecified atom stereocenters. The van der Waals surface area contributed by atoms with E-state index in [0.717, 1.165) is 34.8 Å². The van der Waals surface area contributed by atoms with Crippen LogP contribution in [0.2, 0.25) is 0 Å². The predicted molar refractivity (Wildman–Crippen MR) is 97.8 cm³/mol. The number of nitrogens with two attached hydrogens (primary N) is 1. The summed E-state index contributed by atoms with van der Waals surface area (Å²) in [4.78, 5) is 0. The fourth-order valence-electron chi connectivity index (χ4n) is 2.88. The van der Waals surface area contributed by atoms with Crippen LogP contribution in [0.1, 0.15) is 16.8 Å². The van der Waals surface area contributed by atoms with Crippen LogP contribution in [0.5, 0.6) is 5.75 Å². The highest BCUT2D eigenvalue weighted by atomic mass is 16.5. The molecule has 0 fully saturated rings. The Bertz CT molecular complexity index is 852. The van der Waals surface area contributed by atoms with Crippen molar-refractivity contribution < 1.29 is 4.74 Å². The first-order valence-corrected chi connectivity index (χ1v) is 8.14. The number of methoxy groups -OCH3 is 1. The van der Waals surface area contributed by atoms with Crippen molar-refractivity contribution in [1.82, 2.24) is 9.78 Å². The van der Waals surface area contributed by atoms with E-state index < -0.39 is 0 Å². The third kappa shape index (κ3) is 3.05. The molecule has 4 heteroatoms. The van der Waals surface area contributed by atoms with Crippen LogP contribution in [0, 0.1) is 13.8 Å². The van der Waals surface area contributed by atoms with Gasteiger partial charge in [0.15, 0.2) is 0 Å². The van der Waals surface area contributed by atoms with Crippen molar-refractivity contribution in [3.63, 3.8) is 0 Å². The number of aryl methyl sites for hydroxylation is 2. The van der Waals surface area contributed by atoms with Gasteiger partial charge in [-0.05, 0) is 55.8 Å². The quantitative estimate of drug-likeness (QED) is 0.780. The van der Waals surface area contributed by atoms with Crippen LogP contribution in [0.3, 0.4) is 0 Å². The van der Waals surface area contributed by atoms with Gasteiger partial charge in [0.2, 0.25) is 0 Å². The standard InChI is InChI=1S/C20H23N3O/c1-14-8-9-15(2)18(12-14)23-19(13-16(22-23)10-11-21)17-6-4-5-7-20(17)24-3/h4-9,12-13H,10-11,21H2,1-3H3. The second kappa shape index (κ2) is 6.89. The summed E-state index contributed by atoms with van der Waals surface area (Å²) < 4.78 is 7.55. The second-order valence-corrected chi connectivity index (χ2v) is 5.96. The van der Waals surface area contributed by atoms with E-state index in [1.54, 1.807) is 7.11 Å². The zero-order valence-corrected chi connectivity index (χ0v) is 14.4. The molecule has 0 spiro atoms. The van der Waals surface area contributed by atoms with Gasteiger partial charge in [0.05, 0.1) is 24.2 Å². The van der Waals surface area contributed by atoms with E-state index in [4.69, 9.17) is 15.6 Å². The summed E-state index contributed by atoms with van der Waals surface area (Å²) in [5, 5.41) is 4.81. The smallest absolute Gasteiger partial charge is 0.128 e. The maximum atomic E-state index is 5.73. The highest BCUT2D eigenvalue weighted by molar-refractivity contribution is 5.70. The average Bonchev–Trinajstić information content (AvgIpc) is 3.01. The molecule has 1 heterocycles. The molecule has 0 bridgehead atoms. The fraction of sp³-hybridized carbons (Fsp3) is 0.250. The Balaban J connectivity index is 2.24. The Labute approximate surface area is 142 Å². The van der Waals surface area contributed by atoms with E-state index in [2.05, 4.69) is 44.2 Å². The topological polar surface area (TPSA) is 53.1 Å². The number of hydrogen-bond donors (Lipinski definition) is 1. The normalized spacial score (nSPS) is 10.8. The summed E-state index contributed by atoms with van der Waals surface area (Å²) in [6.07, 6.45) is 0.750. The fourth-order valence-corrected chi connectivity index (χ4v) is 2.88. The molecular weight excluding hydrogens is 298 g/mol. The van der Waals surface area contributed by atoms with Gasteiger partial charge in [-0.3, -0.25) is 0 Å². The molecule has 0 amide bonds. The molecule has 3 aromatic rings. The number of nitrogens with zero attached hydrogens (tertiary/aromatic N) is 2. The minimum absolute atomic E-state index is 0.579. The van der Waals surface area contributed by atoms with Crippen molar-refractivity contribution >= 4 is 0 Å². The number of benzene rings is 2. The number of para-hydroxylation sites is 1. The lowest BCUT2D eigenvalue weighted by molar-refractivity contribution is 0.416. The zero-order chi connectivity index (χ0) is 17.1. The van der Waals surface area contributed by atoms with Crippen LogP contribution in [-0.4, -0.2) is 23.4 Å². The van der Waals surface area contributed by atoms with E-state index in [1.807, 2.05) is 22.9 Å². The lowest BCUT2D eigenvalue weighted by Gasteiger charge is -2.13. The minimum atomic E-state index is 0.579. The molecule has 0 saturated heterocycles. The molecule has 0 saturated carbocycles. The first kappa shape index (κ1) is 16.3. The van der Waals surface area contributed by atoms with Gasteiger partial charge in [-0.15, -0.1) is 0 Å². The molecule has 2 N–H and O–H groups in total. The maximum Gasteiger partial charge on any atom is 0.128 e. The van der Waals surface area contributed by atoms with Crippen LogP contribution in [0.15, 0.2) is 48.5 Å². The molecule has 0 aliphatic carbocycles. The summed E-state index contributed by atoms with van der Waals surface area (Å²) in [6, 6.07) is 16.5. The molecule has 2 aromatic carbocycles. The number of hydrogen-bond acceptors (Lipinski definition) is 3. The molecule has 0 atom stereocenters. The third-order valence-electron chi connectivity index (χ3n) is 4.14.